The molecule has 0 radical (unpaired) electrons. The molecule has 0 aliphatic carbocycles. The molecule has 5 aromatic rings. The van der Waals surface area contributed by atoms with Crippen LogP contribution in [-0.2, 0) is 7.05 Å². The molecule has 0 unspecified atom stereocenters. The number of aromatic nitrogens is 3. The van der Waals surface area contributed by atoms with Gasteiger partial charge in [0, 0.05) is 23.7 Å². The molecule has 5 rings (SSSR count). The molecule has 35 heavy (non-hydrogen) atoms. The molecule has 0 N–H and O–H groups in total. The highest BCUT2D eigenvalue weighted by Gasteiger charge is 2.21. The van der Waals surface area contributed by atoms with Crippen LogP contribution in [0.4, 0.5) is 0 Å². The minimum absolute atomic E-state index is 0.224. The molecule has 0 aliphatic rings. The minimum Gasteiger partial charge on any atom is -0.455 e. The lowest BCUT2D eigenvalue weighted by atomic mass is 10.2. The molecule has 0 amide bonds. The predicted molar refractivity (Wildman–Crippen MR) is 143 cm³/mol. The molecule has 0 aliphatic heterocycles. The van der Waals surface area contributed by atoms with Crippen molar-refractivity contribution in [3.63, 3.8) is 0 Å². The summed E-state index contributed by atoms with van der Waals surface area (Å²) >= 11 is 19.0. The van der Waals surface area contributed by atoms with Crippen molar-refractivity contribution in [2.75, 3.05) is 0 Å². The van der Waals surface area contributed by atoms with E-state index in [0.717, 1.165) is 0 Å². The van der Waals surface area contributed by atoms with E-state index in [4.69, 9.17) is 39.8 Å². The monoisotopic (exact) mass is 541 g/mol. The molecule has 3 aromatic heterocycles. The Balaban J connectivity index is 1.60. The molecule has 3 heterocycles. The largest absolute Gasteiger partial charge is 0.455 e. The lowest BCUT2D eigenvalue weighted by Gasteiger charge is -2.07. The first-order valence-electron chi connectivity index (χ1n) is 10.4. The van der Waals surface area contributed by atoms with Gasteiger partial charge in [-0.3, -0.25) is 18.8 Å². The van der Waals surface area contributed by atoms with Crippen LogP contribution in [-0.4, -0.2) is 13.9 Å². The maximum Gasteiger partial charge on any atom is 0.296 e. The van der Waals surface area contributed by atoms with Crippen molar-refractivity contribution in [1.29, 1.82) is 0 Å². The summed E-state index contributed by atoms with van der Waals surface area (Å²) in [5.74, 6) is 1.01. The number of furan rings is 1. The number of benzene rings is 2. The standard InChI is InChI=1S/C25H17Cl2N3O3S2/c1-14-23(24(32)30(28(14)2)16-6-4-3-5-7-16)29-22(31)13-21(35-25(29)34)20-11-10-19(33-20)17-9-8-15(26)12-18(17)27/h3-13H,1-2H3. The van der Waals surface area contributed by atoms with Crippen molar-refractivity contribution >= 4 is 46.8 Å². The van der Waals surface area contributed by atoms with Gasteiger partial charge in [0.1, 0.15) is 17.2 Å². The van der Waals surface area contributed by atoms with Gasteiger partial charge in [-0.2, -0.15) is 0 Å². The molecule has 176 valence electrons. The van der Waals surface area contributed by atoms with Crippen LogP contribution in [0.25, 0.3) is 33.3 Å². The highest BCUT2D eigenvalue weighted by molar-refractivity contribution is 7.73. The summed E-state index contributed by atoms with van der Waals surface area (Å²) < 4.78 is 10.7. The summed E-state index contributed by atoms with van der Waals surface area (Å²) in [6.07, 6.45) is 0. The normalized spacial score (nSPS) is 11.2. The summed E-state index contributed by atoms with van der Waals surface area (Å²) in [7, 11) is 1.77. The van der Waals surface area contributed by atoms with Gasteiger partial charge in [0.15, 0.2) is 3.95 Å². The van der Waals surface area contributed by atoms with Crippen molar-refractivity contribution in [3.05, 3.63) is 107 Å². The zero-order valence-corrected chi connectivity index (χ0v) is 21.6. The van der Waals surface area contributed by atoms with E-state index in [9.17, 15) is 9.59 Å². The van der Waals surface area contributed by atoms with Crippen LogP contribution in [0.2, 0.25) is 10.0 Å². The van der Waals surface area contributed by atoms with Gasteiger partial charge >= 0.3 is 0 Å². The summed E-state index contributed by atoms with van der Waals surface area (Å²) in [6, 6.07) is 19.3. The fourth-order valence-corrected chi connectivity index (χ4v) is 5.66. The smallest absolute Gasteiger partial charge is 0.296 e. The SMILES string of the molecule is Cc1c(-n2c(=O)cc(-c3ccc(-c4ccc(Cl)cc4Cl)o3)sc2=S)c(=O)n(-c2ccccc2)n1C. The molecule has 10 heteroatoms. The second kappa shape index (κ2) is 9.13. The van der Waals surface area contributed by atoms with Crippen LogP contribution < -0.4 is 11.1 Å². The van der Waals surface area contributed by atoms with Gasteiger partial charge in [0.25, 0.3) is 11.1 Å². The fraction of sp³-hybridized carbons (Fsp3) is 0.0800. The molecule has 2 aromatic carbocycles. The van der Waals surface area contributed by atoms with E-state index in [0.29, 0.717) is 43.4 Å². The Bertz CT molecular complexity index is 1730. The van der Waals surface area contributed by atoms with Crippen LogP contribution in [0.5, 0.6) is 0 Å². The lowest BCUT2D eigenvalue weighted by molar-refractivity contribution is 0.598. The Labute approximate surface area is 218 Å². The molecule has 0 saturated carbocycles. The first kappa shape index (κ1) is 23.6. The second-order valence-electron chi connectivity index (χ2n) is 7.75. The predicted octanol–water partition coefficient (Wildman–Crippen LogP) is 6.66. The van der Waals surface area contributed by atoms with Gasteiger partial charge in [-0.05, 0) is 61.6 Å². The van der Waals surface area contributed by atoms with Gasteiger partial charge in [0.2, 0.25) is 0 Å². The van der Waals surface area contributed by atoms with Crippen LogP contribution in [0.3, 0.4) is 0 Å². The van der Waals surface area contributed by atoms with E-state index >= 15 is 0 Å². The van der Waals surface area contributed by atoms with Crippen molar-refractivity contribution < 1.29 is 4.42 Å². The average Bonchev–Trinajstić information content (AvgIpc) is 3.38. The first-order chi connectivity index (χ1) is 16.8. The topological polar surface area (TPSA) is 62.1 Å². The third-order valence-electron chi connectivity index (χ3n) is 5.65. The summed E-state index contributed by atoms with van der Waals surface area (Å²) in [4.78, 5) is 27.2. The molecule has 0 atom stereocenters. The molecular weight excluding hydrogens is 525 g/mol. The summed E-state index contributed by atoms with van der Waals surface area (Å²) in [5.41, 5.74) is 1.46. The Kier molecular flexibility index (Phi) is 6.14. The van der Waals surface area contributed by atoms with Gasteiger partial charge in [-0.25, -0.2) is 4.68 Å². The average molecular weight is 542 g/mol. The van der Waals surface area contributed by atoms with Crippen molar-refractivity contribution in [3.8, 4) is 33.3 Å². The van der Waals surface area contributed by atoms with Gasteiger partial charge < -0.3 is 4.42 Å². The number of rotatable bonds is 4. The zero-order chi connectivity index (χ0) is 24.9. The van der Waals surface area contributed by atoms with Crippen molar-refractivity contribution in [2.45, 2.75) is 6.92 Å². The van der Waals surface area contributed by atoms with Crippen molar-refractivity contribution in [1.82, 2.24) is 13.9 Å². The molecule has 6 nitrogen and oxygen atoms in total. The number of hydrogen-bond acceptors (Lipinski definition) is 5. The zero-order valence-electron chi connectivity index (χ0n) is 18.5. The highest BCUT2D eigenvalue weighted by Crippen LogP contribution is 2.35. The highest BCUT2D eigenvalue weighted by atomic mass is 35.5. The van der Waals surface area contributed by atoms with E-state index in [1.807, 2.05) is 30.3 Å². The number of nitrogens with zero attached hydrogens (tertiary/aromatic N) is 3. The third kappa shape index (κ3) is 4.12. The maximum absolute atomic E-state index is 13.4. The maximum atomic E-state index is 13.4. The molecular formula is C25H17Cl2N3O3S2. The van der Waals surface area contributed by atoms with E-state index < -0.39 is 5.56 Å². The second-order valence-corrected chi connectivity index (χ2v) is 10.3. The quantitative estimate of drug-likeness (QED) is 0.238. The number of para-hydroxylation sites is 1. The Hall–Kier alpha value is -3.17. The van der Waals surface area contributed by atoms with E-state index in [1.54, 1.807) is 49.0 Å². The Morgan fingerprint density at radius 1 is 0.943 bits per heavy atom. The molecule has 0 spiro atoms. The Morgan fingerprint density at radius 3 is 2.34 bits per heavy atom. The number of halogens is 2. The fourth-order valence-electron chi connectivity index (χ4n) is 3.87. The van der Waals surface area contributed by atoms with Gasteiger partial charge in [-0.1, -0.05) is 41.4 Å². The molecule has 0 fully saturated rings. The van der Waals surface area contributed by atoms with Crippen LogP contribution in [0, 0.1) is 10.9 Å². The minimum atomic E-state index is -0.419. The van der Waals surface area contributed by atoms with E-state index in [-0.39, 0.29) is 15.2 Å². The Morgan fingerprint density at radius 2 is 1.66 bits per heavy atom. The van der Waals surface area contributed by atoms with Crippen LogP contribution in [0.15, 0.2) is 80.7 Å². The molecule has 0 bridgehead atoms. The van der Waals surface area contributed by atoms with Crippen LogP contribution in [0.1, 0.15) is 5.69 Å². The third-order valence-corrected chi connectivity index (χ3v) is 7.52. The summed E-state index contributed by atoms with van der Waals surface area (Å²) in [5, 5.41) is 0.977. The van der Waals surface area contributed by atoms with Gasteiger partial charge in [0.05, 0.1) is 21.3 Å². The lowest BCUT2D eigenvalue weighted by Crippen LogP contribution is -2.26. The number of hydrogen-bond donors (Lipinski definition) is 0. The van der Waals surface area contributed by atoms with Gasteiger partial charge in [-0.15, -0.1) is 11.3 Å². The first-order valence-corrected chi connectivity index (χ1v) is 12.4. The molecule has 0 saturated heterocycles. The van der Waals surface area contributed by atoms with E-state index in [1.165, 1.54) is 26.7 Å². The summed E-state index contributed by atoms with van der Waals surface area (Å²) in [6.45, 7) is 1.78. The van der Waals surface area contributed by atoms with Crippen LogP contribution >= 0.6 is 46.8 Å². The van der Waals surface area contributed by atoms with E-state index in [2.05, 4.69) is 0 Å². The van der Waals surface area contributed by atoms with Crippen molar-refractivity contribution in [2.24, 2.45) is 7.05 Å².